The van der Waals surface area contributed by atoms with Gasteiger partial charge >= 0.3 is 0 Å². The Morgan fingerprint density at radius 3 is 2.69 bits per heavy atom. The number of fused-ring (bicyclic) bond motifs is 1. The van der Waals surface area contributed by atoms with Crippen LogP contribution in [0.25, 0.3) is 11.0 Å². The van der Waals surface area contributed by atoms with Gasteiger partial charge in [-0.25, -0.2) is 18.5 Å². The predicted octanol–water partition coefficient (Wildman–Crippen LogP) is 2.06. The van der Waals surface area contributed by atoms with Crippen LogP contribution in [0.5, 0.6) is 5.75 Å². The number of rotatable bonds is 9. The molecule has 0 radical (unpaired) electrons. The van der Waals surface area contributed by atoms with Gasteiger partial charge in [0.2, 0.25) is 15.9 Å². The van der Waals surface area contributed by atoms with Crippen molar-refractivity contribution in [2.24, 2.45) is 5.14 Å². The summed E-state index contributed by atoms with van der Waals surface area (Å²) >= 11 is 1.32. The molecule has 3 aromatic rings. The molecule has 0 atom stereocenters. The highest BCUT2D eigenvalue weighted by atomic mass is 32.2. The number of H-pyrrole nitrogens is 1. The second-order valence-electron chi connectivity index (χ2n) is 6.23. The van der Waals surface area contributed by atoms with Crippen molar-refractivity contribution < 1.29 is 17.9 Å². The molecule has 0 bridgehead atoms. The lowest BCUT2D eigenvalue weighted by Crippen LogP contribution is -2.27. The van der Waals surface area contributed by atoms with Crippen molar-refractivity contribution in [3.63, 3.8) is 0 Å². The van der Waals surface area contributed by atoms with Crippen LogP contribution in [-0.4, -0.2) is 43.2 Å². The Bertz CT molecular complexity index is 1100. The number of ether oxygens (including phenoxy) is 1. The molecule has 0 aliphatic heterocycles. The largest absolute Gasteiger partial charge is 0.494 e. The van der Waals surface area contributed by atoms with E-state index in [1.54, 1.807) is 12.1 Å². The van der Waals surface area contributed by atoms with Crippen molar-refractivity contribution in [2.75, 3.05) is 18.9 Å². The first-order chi connectivity index (χ1) is 13.8. The van der Waals surface area contributed by atoms with Gasteiger partial charge in [-0.05, 0) is 43.2 Å². The lowest BCUT2D eigenvalue weighted by molar-refractivity contribution is -0.118. The second-order valence-corrected chi connectivity index (χ2v) is 8.76. The Balaban J connectivity index is 1.45. The average molecular weight is 435 g/mol. The van der Waals surface area contributed by atoms with Crippen LogP contribution in [0.3, 0.4) is 0 Å². The highest BCUT2D eigenvalue weighted by Gasteiger charge is 2.09. The Labute approximate surface area is 173 Å². The van der Waals surface area contributed by atoms with Crippen LogP contribution in [0.4, 0.5) is 0 Å². The van der Waals surface area contributed by atoms with E-state index in [2.05, 4.69) is 15.3 Å². The quantitative estimate of drug-likeness (QED) is 0.443. The van der Waals surface area contributed by atoms with Crippen LogP contribution in [0.15, 0.2) is 52.5 Å². The number of nitrogens with zero attached hydrogens (tertiary/aromatic N) is 1. The maximum absolute atomic E-state index is 12.1. The number of nitrogens with two attached hydrogens (primary N) is 1. The molecule has 3 rings (SSSR count). The van der Waals surface area contributed by atoms with Gasteiger partial charge in [-0.3, -0.25) is 4.79 Å². The Kier molecular flexibility index (Phi) is 6.78. The zero-order valence-corrected chi connectivity index (χ0v) is 17.5. The molecule has 8 nitrogen and oxygen atoms in total. The molecule has 0 saturated carbocycles. The summed E-state index contributed by atoms with van der Waals surface area (Å²) in [5.74, 6) is 0.907. The van der Waals surface area contributed by atoms with Crippen molar-refractivity contribution in [1.29, 1.82) is 0 Å². The number of aromatic nitrogens is 2. The highest BCUT2D eigenvalue weighted by molar-refractivity contribution is 7.99. The molecule has 154 valence electrons. The van der Waals surface area contributed by atoms with Gasteiger partial charge in [0.05, 0.1) is 28.3 Å². The topological polar surface area (TPSA) is 127 Å². The van der Waals surface area contributed by atoms with Gasteiger partial charge in [-0.1, -0.05) is 23.9 Å². The maximum atomic E-state index is 12.1. The second kappa shape index (κ2) is 9.29. The molecular weight excluding hydrogens is 412 g/mol. The standard InChI is InChI=1S/C19H22N4O4S2/c1-2-27-14-5-8-16-17(11-14)23-19(22-16)28-12-18(24)21-10-9-13-3-6-15(7-4-13)29(20,25)26/h3-8,11H,2,9-10,12H2,1H3,(H,21,24)(H,22,23)(H2,20,25,26). The van der Waals surface area contributed by atoms with Crippen LogP contribution >= 0.6 is 11.8 Å². The number of thioether (sulfide) groups is 1. The monoisotopic (exact) mass is 434 g/mol. The number of benzene rings is 2. The van der Waals surface area contributed by atoms with E-state index in [1.165, 1.54) is 23.9 Å². The highest BCUT2D eigenvalue weighted by Crippen LogP contribution is 2.23. The summed E-state index contributed by atoms with van der Waals surface area (Å²) < 4.78 is 28.0. The zero-order chi connectivity index (χ0) is 20.9. The van der Waals surface area contributed by atoms with E-state index >= 15 is 0 Å². The van der Waals surface area contributed by atoms with Gasteiger partial charge in [0.25, 0.3) is 0 Å². The van der Waals surface area contributed by atoms with Crippen LogP contribution in [-0.2, 0) is 21.2 Å². The predicted molar refractivity (Wildman–Crippen MR) is 113 cm³/mol. The van der Waals surface area contributed by atoms with Crippen molar-refractivity contribution in [3.8, 4) is 5.75 Å². The fraction of sp³-hybridized carbons (Fsp3) is 0.263. The van der Waals surface area contributed by atoms with Gasteiger partial charge in [0.1, 0.15) is 5.75 Å². The van der Waals surface area contributed by atoms with E-state index in [0.29, 0.717) is 24.7 Å². The van der Waals surface area contributed by atoms with Gasteiger partial charge in [0.15, 0.2) is 5.16 Å². The number of imidazole rings is 1. The van der Waals surface area contributed by atoms with Crippen molar-refractivity contribution >= 4 is 38.7 Å². The molecule has 1 aromatic heterocycles. The third-order valence-corrected chi connectivity index (χ3v) is 5.87. The van der Waals surface area contributed by atoms with Crippen molar-refractivity contribution in [2.45, 2.75) is 23.4 Å². The molecule has 1 heterocycles. The first-order valence-electron chi connectivity index (χ1n) is 8.99. The third-order valence-electron chi connectivity index (χ3n) is 4.07. The zero-order valence-electron chi connectivity index (χ0n) is 15.8. The van der Waals surface area contributed by atoms with E-state index in [9.17, 15) is 13.2 Å². The summed E-state index contributed by atoms with van der Waals surface area (Å²) in [5.41, 5.74) is 2.59. The number of primary sulfonamides is 1. The lowest BCUT2D eigenvalue weighted by Gasteiger charge is -2.05. The Morgan fingerprint density at radius 2 is 2.00 bits per heavy atom. The van der Waals surface area contributed by atoms with Gasteiger partial charge in [-0.2, -0.15) is 0 Å². The minimum Gasteiger partial charge on any atom is -0.494 e. The smallest absolute Gasteiger partial charge is 0.238 e. The summed E-state index contributed by atoms with van der Waals surface area (Å²) in [6, 6.07) is 11.9. The summed E-state index contributed by atoms with van der Waals surface area (Å²) in [6.45, 7) is 2.97. The van der Waals surface area contributed by atoms with Crippen LogP contribution in [0.1, 0.15) is 12.5 Å². The molecule has 2 aromatic carbocycles. The molecule has 0 unspecified atom stereocenters. The first-order valence-corrected chi connectivity index (χ1v) is 11.5. The average Bonchev–Trinajstić information content (AvgIpc) is 3.09. The van der Waals surface area contributed by atoms with Crippen LogP contribution in [0, 0.1) is 0 Å². The maximum Gasteiger partial charge on any atom is 0.238 e. The molecule has 1 amide bonds. The summed E-state index contributed by atoms with van der Waals surface area (Å²) in [7, 11) is -3.69. The molecule has 0 saturated heterocycles. The number of sulfonamides is 1. The normalized spacial score (nSPS) is 11.5. The molecule has 4 N–H and O–H groups in total. The fourth-order valence-electron chi connectivity index (χ4n) is 2.67. The number of aromatic amines is 1. The number of carbonyl (C=O) groups excluding carboxylic acids is 1. The molecule has 29 heavy (non-hydrogen) atoms. The number of hydrogen-bond acceptors (Lipinski definition) is 6. The number of carbonyl (C=O) groups is 1. The first kappa shape index (κ1) is 21.2. The molecule has 0 spiro atoms. The molecular formula is C19H22N4O4S2. The van der Waals surface area contributed by atoms with Crippen molar-refractivity contribution in [1.82, 2.24) is 15.3 Å². The van der Waals surface area contributed by atoms with E-state index in [0.717, 1.165) is 22.3 Å². The summed E-state index contributed by atoms with van der Waals surface area (Å²) in [6.07, 6.45) is 0.589. The molecule has 0 aliphatic carbocycles. The lowest BCUT2D eigenvalue weighted by atomic mass is 10.1. The van der Waals surface area contributed by atoms with Gasteiger partial charge < -0.3 is 15.0 Å². The minimum absolute atomic E-state index is 0.0703. The van der Waals surface area contributed by atoms with Crippen LogP contribution in [0.2, 0.25) is 0 Å². The van der Waals surface area contributed by atoms with Gasteiger partial charge in [-0.15, -0.1) is 0 Å². The minimum atomic E-state index is -3.69. The molecule has 10 heteroatoms. The van der Waals surface area contributed by atoms with Crippen molar-refractivity contribution in [3.05, 3.63) is 48.0 Å². The van der Waals surface area contributed by atoms with Gasteiger partial charge in [0, 0.05) is 12.6 Å². The summed E-state index contributed by atoms with van der Waals surface area (Å²) in [4.78, 5) is 19.8. The van der Waals surface area contributed by atoms with E-state index < -0.39 is 10.0 Å². The molecule has 0 fully saturated rings. The number of nitrogens with one attached hydrogen (secondary N) is 2. The van der Waals surface area contributed by atoms with E-state index in [1.807, 2.05) is 25.1 Å². The fourth-order valence-corrected chi connectivity index (χ4v) is 3.90. The Morgan fingerprint density at radius 1 is 1.24 bits per heavy atom. The summed E-state index contributed by atoms with van der Waals surface area (Å²) in [5, 5.41) is 8.58. The third kappa shape index (κ3) is 5.96. The SMILES string of the molecule is CCOc1ccc2nc(SCC(=O)NCCc3ccc(S(N)(=O)=O)cc3)[nH]c2c1. The van der Waals surface area contributed by atoms with E-state index in [4.69, 9.17) is 9.88 Å². The Hall–Kier alpha value is -2.56. The van der Waals surface area contributed by atoms with Crippen LogP contribution < -0.4 is 15.2 Å². The van der Waals surface area contributed by atoms with E-state index in [-0.39, 0.29) is 16.6 Å². The number of hydrogen-bond donors (Lipinski definition) is 3. The molecule has 0 aliphatic rings. The number of amides is 1.